The van der Waals surface area contributed by atoms with Crippen molar-refractivity contribution >= 4 is 11.7 Å². The largest absolute Gasteiger partial charge is 0.396 e. The number of carbonyl (C=O) groups is 1. The van der Waals surface area contributed by atoms with Crippen LogP contribution in [0.3, 0.4) is 0 Å². The summed E-state index contributed by atoms with van der Waals surface area (Å²) >= 11 is 0. The lowest BCUT2D eigenvalue weighted by Gasteiger charge is -2.16. The fourth-order valence-electron chi connectivity index (χ4n) is 2.53. The number of rotatable bonds is 3. The second-order valence-electron chi connectivity index (χ2n) is 5.34. The lowest BCUT2D eigenvalue weighted by atomic mass is 10.1. The Bertz CT molecular complexity index is 673. The molecule has 2 N–H and O–H groups in total. The highest BCUT2D eigenvalue weighted by Gasteiger charge is 2.25. The van der Waals surface area contributed by atoms with Crippen molar-refractivity contribution in [3.05, 3.63) is 42.5 Å². The standard InChI is InChI=1S/C15H17FN4O2/c16-13-3-1-2-4-14(13)20-9-12(7-17-20)18-15(22)19-6-5-11(8-19)10-21/h1-4,7,9,11,21H,5-6,8,10H2,(H,18,22). The van der Waals surface area contributed by atoms with Crippen molar-refractivity contribution in [2.75, 3.05) is 25.0 Å². The van der Waals surface area contributed by atoms with Gasteiger partial charge in [-0.1, -0.05) is 12.1 Å². The molecule has 1 aromatic heterocycles. The van der Waals surface area contributed by atoms with E-state index in [0.29, 0.717) is 24.5 Å². The van der Waals surface area contributed by atoms with Gasteiger partial charge in [-0.3, -0.25) is 0 Å². The molecule has 116 valence electrons. The predicted molar refractivity (Wildman–Crippen MR) is 79.3 cm³/mol. The Morgan fingerprint density at radius 1 is 1.45 bits per heavy atom. The summed E-state index contributed by atoms with van der Waals surface area (Å²) in [6.07, 6.45) is 3.85. The average Bonchev–Trinajstić information content (AvgIpc) is 3.16. The van der Waals surface area contributed by atoms with Crippen molar-refractivity contribution in [3.8, 4) is 5.69 Å². The van der Waals surface area contributed by atoms with Gasteiger partial charge < -0.3 is 15.3 Å². The fraction of sp³-hybridized carbons (Fsp3) is 0.333. The van der Waals surface area contributed by atoms with Crippen molar-refractivity contribution < 1.29 is 14.3 Å². The van der Waals surface area contributed by atoms with Crippen LogP contribution in [0.4, 0.5) is 14.9 Å². The zero-order valence-electron chi connectivity index (χ0n) is 11.9. The number of nitrogens with zero attached hydrogens (tertiary/aromatic N) is 3. The van der Waals surface area contributed by atoms with E-state index >= 15 is 0 Å². The number of likely N-dealkylation sites (tertiary alicyclic amines) is 1. The molecule has 2 aromatic rings. The van der Waals surface area contributed by atoms with Crippen LogP contribution >= 0.6 is 0 Å². The number of aliphatic hydroxyl groups excluding tert-OH is 1. The molecule has 1 aliphatic rings. The molecule has 1 aromatic carbocycles. The van der Waals surface area contributed by atoms with Crippen LogP contribution in [0.5, 0.6) is 0 Å². The molecule has 0 spiro atoms. The molecule has 1 fully saturated rings. The maximum atomic E-state index is 13.7. The molecule has 22 heavy (non-hydrogen) atoms. The number of aromatic nitrogens is 2. The normalized spacial score (nSPS) is 17.7. The molecule has 0 radical (unpaired) electrons. The van der Waals surface area contributed by atoms with E-state index < -0.39 is 0 Å². The number of amides is 2. The van der Waals surface area contributed by atoms with Gasteiger partial charge >= 0.3 is 6.03 Å². The highest BCUT2D eigenvalue weighted by Crippen LogP contribution is 2.18. The predicted octanol–water partition coefficient (Wildman–Crippen LogP) is 1.86. The number of hydrogen-bond acceptors (Lipinski definition) is 3. The summed E-state index contributed by atoms with van der Waals surface area (Å²) in [5.74, 6) is -0.235. The Hall–Kier alpha value is -2.41. The first kappa shape index (κ1) is 14.5. The summed E-state index contributed by atoms with van der Waals surface area (Å²) in [5.41, 5.74) is 0.824. The number of urea groups is 1. The van der Waals surface area contributed by atoms with E-state index in [0.717, 1.165) is 6.42 Å². The molecule has 1 unspecified atom stereocenters. The number of anilines is 1. The van der Waals surface area contributed by atoms with E-state index in [-0.39, 0.29) is 24.4 Å². The third-order valence-electron chi connectivity index (χ3n) is 3.76. The first-order valence-corrected chi connectivity index (χ1v) is 7.13. The molecule has 2 amide bonds. The molecular formula is C15H17FN4O2. The number of nitrogens with one attached hydrogen (secondary N) is 1. The smallest absolute Gasteiger partial charge is 0.321 e. The first-order valence-electron chi connectivity index (χ1n) is 7.13. The van der Waals surface area contributed by atoms with E-state index in [4.69, 9.17) is 5.11 Å². The van der Waals surface area contributed by atoms with Crippen LogP contribution in [0.15, 0.2) is 36.7 Å². The van der Waals surface area contributed by atoms with Crippen molar-refractivity contribution in [3.63, 3.8) is 0 Å². The van der Waals surface area contributed by atoms with Crippen LogP contribution in [0.25, 0.3) is 5.69 Å². The van der Waals surface area contributed by atoms with E-state index in [9.17, 15) is 9.18 Å². The molecule has 1 saturated heterocycles. The quantitative estimate of drug-likeness (QED) is 0.909. The monoisotopic (exact) mass is 304 g/mol. The SMILES string of the molecule is O=C(Nc1cnn(-c2ccccc2F)c1)N1CCC(CO)C1. The van der Waals surface area contributed by atoms with Gasteiger partial charge in [0.15, 0.2) is 0 Å². The van der Waals surface area contributed by atoms with Gasteiger partial charge in [-0.05, 0) is 18.6 Å². The zero-order chi connectivity index (χ0) is 15.5. The average molecular weight is 304 g/mol. The second kappa shape index (κ2) is 6.15. The highest BCUT2D eigenvalue weighted by atomic mass is 19.1. The molecule has 6 nitrogen and oxygen atoms in total. The summed E-state index contributed by atoms with van der Waals surface area (Å²) < 4.78 is 15.1. The molecule has 1 atom stereocenters. The van der Waals surface area contributed by atoms with E-state index in [1.165, 1.54) is 16.9 Å². The Balaban J connectivity index is 1.67. The molecule has 1 aliphatic heterocycles. The number of halogens is 1. The minimum atomic E-state index is -0.381. The van der Waals surface area contributed by atoms with Gasteiger partial charge in [0.05, 0.1) is 18.1 Å². The van der Waals surface area contributed by atoms with Gasteiger partial charge in [-0.2, -0.15) is 5.10 Å². The third-order valence-corrected chi connectivity index (χ3v) is 3.76. The van der Waals surface area contributed by atoms with Gasteiger partial charge in [0.1, 0.15) is 11.5 Å². The Kier molecular flexibility index (Phi) is 4.06. The molecule has 3 rings (SSSR count). The number of hydrogen-bond donors (Lipinski definition) is 2. The highest BCUT2D eigenvalue weighted by molar-refractivity contribution is 5.89. The van der Waals surface area contributed by atoms with Gasteiger partial charge in [-0.15, -0.1) is 0 Å². The first-order chi connectivity index (χ1) is 10.7. The van der Waals surface area contributed by atoms with Crippen molar-refractivity contribution in [1.29, 1.82) is 0 Å². The van der Waals surface area contributed by atoms with Crippen LogP contribution in [-0.2, 0) is 0 Å². The fourth-order valence-corrected chi connectivity index (χ4v) is 2.53. The molecule has 2 heterocycles. The molecule has 7 heteroatoms. The van der Waals surface area contributed by atoms with Crippen LogP contribution in [0.2, 0.25) is 0 Å². The van der Waals surface area contributed by atoms with Gasteiger partial charge in [0.2, 0.25) is 0 Å². The minimum absolute atomic E-state index is 0.0923. The van der Waals surface area contributed by atoms with Gasteiger partial charge in [0, 0.05) is 25.6 Å². The second-order valence-corrected chi connectivity index (χ2v) is 5.34. The molecule has 0 bridgehead atoms. The van der Waals surface area contributed by atoms with Crippen molar-refractivity contribution in [2.45, 2.75) is 6.42 Å². The summed E-state index contributed by atoms with van der Waals surface area (Å²) in [7, 11) is 0. The number of carbonyl (C=O) groups excluding carboxylic acids is 1. The van der Waals surface area contributed by atoms with E-state index in [1.54, 1.807) is 29.3 Å². The van der Waals surface area contributed by atoms with Crippen molar-refractivity contribution in [1.82, 2.24) is 14.7 Å². The maximum absolute atomic E-state index is 13.7. The van der Waals surface area contributed by atoms with Crippen LogP contribution < -0.4 is 5.32 Å². The summed E-state index contributed by atoms with van der Waals surface area (Å²) in [5, 5.41) is 15.9. The zero-order valence-corrected chi connectivity index (χ0v) is 11.9. The summed E-state index contributed by atoms with van der Waals surface area (Å²) in [6, 6.07) is 6.06. The Morgan fingerprint density at radius 2 is 2.27 bits per heavy atom. The Labute approximate surface area is 127 Å². The molecular weight excluding hydrogens is 287 g/mol. The number of para-hydroxylation sites is 1. The molecule has 0 aliphatic carbocycles. The van der Waals surface area contributed by atoms with E-state index in [1.807, 2.05) is 0 Å². The van der Waals surface area contributed by atoms with Crippen LogP contribution in [0.1, 0.15) is 6.42 Å². The lowest BCUT2D eigenvalue weighted by molar-refractivity contribution is 0.209. The summed E-state index contributed by atoms with van der Waals surface area (Å²) in [6.45, 7) is 1.26. The van der Waals surface area contributed by atoms with Gasteiger partial charge in [-0.25, -0.2) is 13.9 Å². The third kappa shape index (κ3) is 2.94. The Morgan fingerprint density at radius 3 is 3.00 bits per heavy atom. The topological polar surface area (TPSA) is 70.4 Å². The lowest BCUT2D eigenvalue weighted by Crippen LogP contribution is -2.33. The van der Waals surface area contributed by atoms with Crippen LogP contribution in [0, 0.1) is 11.7 Å². The maximum Gasteiger partial charge on any atom is 0.321 e. The van der Waals surface area contributed by atoms with Crippen molar-refractivity contribution in [2.24, 2.45) is 5.92 Å². The van der Waals surface area contributed by atoms with Crippen LogP contribution in [-0.4, -0.2) is 45.5 Å². The number of aliphatic hydroxyl groups is 1. The van der Waals surface area contributed by atoms with Gasteiger partial charge in [0.25, 0.3) is 0 Å². The summed E-state index contributed by atoms with van der Waals surface area (Å²) in [4.78, 5) is 13.8. The molecule has 0 saturated carbocycles. The van der Waals surface area contributed by atoms with E-state index in [2.05, 4.69) is 10.4 Å². The minimum Gasteiger partial charge on any atom is -0.396 e. The number of benzene rings is 1.